The molecule has 0 radical (unpaired) electrons. The van der Waals surface area contributed by atoms with Crippen molar-refractivity contribution < 1.29 is 14.6 Å². The molecule has 0 saturated carbocycles. The van der Waals surface area contributed by atoms with Crippen LogP contribution >= 0.6 is 0 Å². The molecular weight excluding hydrogens is 382 g/mol. The number of carboxylic acid groups (broad SMARTS) is 1. The number of rotatable bonds is 7. The van der Waals surface area contributed by atoms with Gasteiger partial charge < -0.3 is 15.2 Å². The minimum Gasteiger partial charge on any atom is -0.493 e. The SMILES string of the molecule is CCCCOc1ccc([S+]2CCC(C3CNCCC3C(=O)O)C2)c2ccccc12. The van der Waals surface area contributed by atoms with Crippen molar-refractivity contribution in [3.05, 3.63) is 36.4 Å². The smallest absolute Gasteiger partial charge is 0.306 e. The first-order chi connectivity index (χ1) is 14.2. The number of ether oxygens (including phenoxy) is 1. The van der Waals surface area contributed by atoms with E-state index in [1.165, 1.54) is 21.4 Å². The first kappa shape index (κ1) is 20.5. The van der Waals surface area contributed by atoms with Gasteiger partial charge >= 0.3 is 5.97 Å². The molecule has 2 saturated heterocycles. The van der Waals surface area contributed by atoms with Crippen LogP contribution in [-0.4, -0.2) is 42.3 Å². The Bertz CT molecular complexity index is 855. The second-order valence-electron chi connectivity index (χ2n) is 8.32. The fourth-order valence-corrected chi connectivity index (χ4v) is 7.72. The molecule has 0 aliphatic carbocycles. The van der Waals surface area contributed by atoms with Crippen LogP contribution in [0.4, 0.5) is 0 Å². The number of unbranched alkanes of at least 4 members (excludes halogenated alkanes) is 1. The largest absolute Gasteiger partial charge is 0.493 e. The minimum atomic E-state index is -0.609. The Labute approximate surface area is 176 Å². The predicted octanol–water partition coefficient (Wildman–Crippen LogP) is 4.33. The molecule has 0 aromatic heterocycles. The van der Waals surface area contributed by atoms with E-state index in [4.69, 9.17) is 4.74 Å². The van der Waals surface area contributed by atoms with Gasteiger partial charge in [0.25, 0.3) is 0 Å². The summed E-state index contributed by atoms with van der Waals surface area (Å²) >= 11 is 0. The van der Waals surface area contributed by atoms with Crippen molar-refractivity contribution in [3.8, 4) is 5.75 Å². The van der Waals surface area contributed by atoms with Crippen LogP contribution in [-0.2, 0) is 15.7 Å². The van der Waals surface area contributed by atoms with Gasteiger partial charge in [-0.2, -0.15) is 0 Å². The van der Waals surface area contributed by atoms with Gasteiger partial charge in [-0.15, -0.1) is 0 Å². The molecule has 29 heavy (non-hydrogen) atoms. The summed E-state index contributed by atoms with van der Waals surface area (Å²) in [5.74, 6) is 3.26. The van der Waals surface area contributed by atoms with E-state index in [2.05, 4.69) is 48.6 Å². The maximum absolute atomic E-state index is 11.8. The zero-order chi connectivity index (χ0) is 20.2. The molecular formula is C24H32NO3S+. The van der Waals surface area contributed by atoms with Crippen molar-refractivity contribution in [2.75, 3.05) is 31.2 Å². The Morgan fingerprint density at radius 3 is 2.83 bits per heavy atom. The molecule has 0 bridgehead atoms. The third-order valence-electron chi connectivity index (χ3n) is 6.51. The zero-order valence-electron chi connectivity index (χ0n) is 17.2. The summed E-state index contributed by atoms with van der Waals surface area (Å²) in [4.78, 5) is 13.2. The number of fused-ring (bicyclic) bond motifs is 1. The van der Waals surface area contributed by atoms with Gasteiger partial charge in [-0.05, 0) is 50.0 Å². The van der Waals surface area contributed by atoms with E-state index in [-0.39, 0.29) is 22.7 Å². The first-order valence-corrected chi connectivity index (χ1v) is 12.5. The third-order valence-corrected chi connectivity index (χ3v) is 9.05. The third kappa shape index (κ3) is 4.41. The monoisotopic (exact) mass is 414 g/mol. The number of hydrogen-bond donors (Lipinski definition) is 2. The molecule has 2 fully saturated rings. The molecule has 2 heterocycles. The van der Waals surface area contributed by atoms with E-state index in [0.29, 0.717) is 5.92 Å². The second kappa shape index (κ2) is 9.40. The number of carbonyl (C=O) groups is 1. The first-order valence-electron chi connectivity index (χ1n) is 10.9. The molecule has 2 aromatic rings. The summed E-state index contributed by atoms with van der Waals surface area (Å²) in [7, 11) is 0.183. The Morgan fingerprint density at radius 1 is 1.21 bits per heavy atom. The molecule has 2 aromatic carbocycles. The number of benzene rings is 2. The van der Waals surface area contributed by atoms with Crippen LogP contribution < -0.4 is 10.1 Å². The number of nitrogens with one attached hydrogen (secondary N) is 1. The van der Waals surface area contributed by atoms with Crippen molar-refractivity contribution >= 4 is 27.6 Å². The van der Waals surface area contributed by atoms with E-state index in [1.54, 1.807) is 0 Å². The second-order valence-corrected chi connectivity index (χ2v) is 10.5. The van der Waals surface area contributed by atoms with E-state index in [1.807, 2.05) is 0 Å². The molecule has 156 valence electrons. The quantitative estimate of drug-likeness (QED) is 0.523. The lowest BCUT2D eigenvalue weighted by molar-refractivity contribution is -0.145. The highest BCUT2D eigenvalue weighted by Gasteiger charge is 2.44. The molecule has 4 unspecified atom stereocenters. The van der Waals surface area contributed by atoms with Crippen LogP contribution in [0.2, 0.25) is 0 Å². The van der Waals surface area contributed by atoms with Crippen LogP contribution in [0.3, 0.4) is 0 Å². The normalized spacial score (nSPS) is 27.2. The summed E-state index contributed by atoms with van der Waals surface area (Å²) in [6.07, 6.45) is 4.11. The lowest BCUT2D eigenvalue weighted by atomic mass is 9.77. The van der Waals surface area contributed by atoms with Crippen molar-refractivity contribution in [2.45, 2.75) is 37.5 Å². The number of piperidine rings is 1. The zero-order valence-corrected chi connectivity index (χ0v) is 18.0. The van der Waals surface area contributed by atoms with Crippen LogP contribution in [0.5, 0.6) is 5.75 Å². The molecule has 2 aliphatic rings. The Kier molecular flexibility index (Phi) is 6.66. The van der Waals surface area contributed by atoms with Crippen LogP contribution in [0, 0.1) is 17.8 Å². The van der Waals surface area contributed by atoms with Gasteiger partial charge in [-0.25, -0.2) is 0 Å². The molecule has 4 rings (SSSR count). The maximum Gasteiger partial charge on any atom is 0.306 e. The Balaban J connectivity index is 1.55. The van der Waals surface area contributed by atoms with Crippen LogP contribution in [0.25, 0.3) is 10.8 Å². The Morgan fingerprint density at radius 2 is 2.03 bits per heavy atom. The van der Waals surface area contributed by atoms with E-state index < -0.39 is 5.97 Å². The average molecular weight is 415 g/mol. The van der Waals surface area contributed by atoms with Crippen LogP contribution in [0.15, 0.2) is 41.3 Å². The fourth-order valence-electron chi connectivity index (χ4n) is 4.89. The summed E-state index contributed by atoms with van der Waals surface area (Å²) in [5, 5.41) is 15.6. The molecule has 4 nitrogen and oxygen atoms in total. The topological polar surface area (TPSA) is 58.6 Å². The van der Waals surface area contributed by atoms with Gasteiger partial charge in [0, 0.05) is 34.0 Å². The lowest BCUT2D eigenvalue weighted by Gasteiger charge is -2.32. The van der Waals surface area contributed by atoms with Gasteiger partial charge in [0.1, 0.15) is 17.3 Å². The van der Waals surface area contributed by atoms with Crippen LogP contribution in [0.1, 0.15) is 32.6 Å². The van der Waals surface area contributed by atoms with E-state index in [0.717, 1.165) is 56.9 Å². The molecule has 4 atom stereocenters. The predicted molar refractivity (Wildman–Crippen MR) is 120 cm³/mol. The van der Waals surface area contributed by atoms with Gasteiger partial charge in [0.15, 0.2) is 4.90 Å². The van der Waals surface area contributed by atoms with E-state index in [9.17, 15) is 9.90 Å². The molecule has 2 aliphatic heterocycles. The Hall–Kier alpha value is -1.72. The van der Waals surface area contributed by atoms with E-state index >= 15 is 0 Å². The molecule has 0 amide bonds. The van der Waals surface area contributed by atoms with Crippen molar-refractivity contribution in [2.24, 2.45) is 17.8 Å². The number of hydrogen-bond acceptors (Lipinski definition) is 3. The fraction of sp³-hybridized carbons (Fsp3) is 0.542. The summed E-state index contributed by atoms with van der Waals surface area (Å²) < 4.78 is 6.06. The van der Waals surface area contributed by atoms with Gasteiger partial charge in [-0.1, -0.05) is 31.5 Å². The maximum atomic E-state index is 11.8. The van der Waals surface area contributed by atoms with Gasteiger partial charge in [-0.3, -0.25) is 4.79 Å². The standard InChI is InChI=1S/C24H31NO3S/c1-2-3-13-28-22-8-9-23(19-7-5-4-6-18(19)22)29-14-11-17(16-29)21-15-25-12-10-20(21)24(26)27/h4-9,17,20-21,25H,2-3,10-16H2,1H3/p+1. The van der Waals surface area contributed by atoms with Crippen molar-refractivity contribution in [1.29, 1.82) is 0 Å². The number of carboxylic acids is 1. The highest BCUT2D eigenvalue weighted by atomic mass is 32.2. The minimum absolute atomic E-state index is 0.183. The number of aliphatic carboxylic acids is 1. The van der Waals surface area contributed by atoms with Gasteiger partial charge in [0.2, 0.25) is 0 Å². The highest BCUT2D eigenvalue weighted by Crippen LogP contribution is 2.40. The van der Waals surface area contributed by atoms with Gasteiger partial charge in [0.05, 0.1) is 12.5 Å². The average Bonchev–Trinajstić information content (AvgIpc) is 3.24. The summed E-state index contributed by atoms with van der Waals surface area (Å²) in [5.41, 5.74) is 0. The molecule has 5 heteroatoms. The summed E-state index contributed by atoms with van der Waals surface area (Å²) in [6, 6.07) is 13.0. The highest BCUT2D eigenvalue weighted by molar-refractivity contribution is 7.97. The van der Waals surface area contributed by atoms with Crippen molar-refractivity contribution in [1.82, 2.24) is 5.32 Å². The lowest BCUT2D eigenvalue weighted by Crippen LogP contribution is -2.44. The van der Waals surface area contributed by atoms with Crippen molar-refractivity contribution in [3.63, 3.8) is 0 Å². The molecule has 0 spiro atoms. The summed E-state index contributed by atoms with van der Waals surface area (Å²) in [6.45, 7) is 4.62. The molecule has 2 N–H and O–H groups in total.